The van der Waals surface area contributed by atoms with E-state index in [4.69, 9.17) is 16.2 Å². The van der Waals surface area contributed by atoms with Crippen LogP contribution in [0.5, 0.6) is 0 Å². The summed E-state index contributed by atoms with van der Waals surface area (Å²) in [5.41, 5.74) is 14.2. The van der Waals surface area contributed by atoms with Gasteiger partial charge in [0.15, 0.2) is 0 Å². The first-order valence-electron chi connectivity index (χ1n) is 7.42. The zero-order chi connectivity index (χ0) is 16.4. The molecule has 4 N–H and O–H groups in total. The number of morpholine rings is 1. The summed E-state index contributed by atoms with van der Waals surface area (Å²) in [6, 6.07) is 4.88. The molecule has 2 heterocycles. The predicted octanol–water partition coefficient (Wildman–Crippen LogP) is 1.02. The number of ketones is 1. The lowest BCUT2D eigenvalue weighted by atomic mass is 10.00. The molecule has 0 bridgehead atoms. The molecule has 1 fully saturated rings. The molecule has 1 saturated heterocycles. The Morgan fingerprint density at radius 2 is 2.00 bits per heavy atom. The summed E-state index contributed by atoms with van der Waals surface area (Å²) in [5, 5.41) is 0. The summed E-state index contributed by atoms with van der Waals surface area (Å²) in [6.45, 7) is 4.48. The summed E-state index contributed by atoms with van der Waals surface area (Å²) in [6.07, 6.45) is 1.59. The smallest absolute Gasteiger partial charge is 0.226 e. The highest BCUT2D eigenvalue weighted by Gasteiger charge is 2.19. The molecule has 1 aliphatic heterocycles. The highest BCUT2D eigenvalue weighted by atomic mass is 16.5. The molecule has 0 atom stereocenters. The maximum atomic E-state index is 12.8. The molecule has 7 nitrogen and oxygen atoms in total. The number of nitrogens with two attached hydrogens (primary N) is 2. The zero-order valence-corrected chi connectivity index (χ0v) is 13.0. The van der Waals surface area contributed by atoms with Crippen molar-refractivity contribution in [3.05, 3.63) is 41.2 Å². The third kappa shape index (κ3) is 3.09. The molecule has 1 aliphatic rings. The SMILES string of the molecule is Cc1c(N)cc(N)cc1C(=O)c1ccnc(N2CCOCC2)n1. The van der Waals surface area contributed by atoms with E-state index >= 15 is 0 Å². The van der Waals surface area contributed by atoms with E-state index in [1.165, 1.54) is 0 Å². The second kappa shape index (κ2) is 6.21. The van der Waals surface area contributed by atoms with Gasteiger partial charge in [-0.3, -0.25) is 4.79 Å². The maximum absolute atomic E-state index is 12.8. The van der Waals surface area contributed by atoms with Gasteiger partial charge in [0, 0.05) is 36.2 Å². The summed E-state index contributed by atoms with van der Waals surface area (Å²) >= 11 is 0. The summed E-state index contributed by atoms with van der Waals surface area (Å²) in [4.78, 5) is 23.4. The van der Waals surface area contributed by atoms with Gasteiger partial charge >= 0.3 is 0 Å². The first-order valence-corrected chi connectivity index (χ1v) is 7.42. The molecule has 0 spiro atoms. The number of nitrogens with zero attached hydrogens (tertiary/aromatic N) is 3. The quantitative estimate of drug-likeness (QED) is 0.643. The molecule has 0 saturated carbocycles. The highest BCUT2D eigenvalue weighted by molar-refractivity contribution is 6.10. The minimum atomic E-state index is -0.210. The molecule has 3 rings (SSSR count). The Morgan fingerprint density at radius 3 is 2.74 bits per heavy atom. The van der Waals surface area contributed by atoms with Crippen LogP contribution in [0.15, 0.2) is 24.4 Å². The Balaban J connectivity index is 1.94. The van der Waals surface area contributed by atoms with Crippen molar-refractivity contribution < 1.29 is 9.53 Å². The van der Waals surface area contributed by atoms with Crippen molar-refractivity contribution in [1.82, 2.24) is 9.97 Å². The molecule has 2 aromatic rings. The monoisotopic (exact) mass is 313 g/mol. The molecular weight excluding hydrogens is 294 g/mol. The van der Waals surface area contributed by atoms with E-state index in [0.717, 1.165) is 0 Å². The fourth-order valence-corrected chi connectivity index (χ4v) is 2.52. The van der Waals surface area contributed by atoms with Gasteiger partial charge in [0.2, 0.25) is 11.7 Å². The summed E-state index contributed by atoms with van der Waals surface area (Å²) < 4.78 is 5.32. The van der Waals surface area contributed by atoms with E-state index in [0.29, 0.717) is 60.4 Å². The van der Waals surface area contributed by atoms with Crippen LogP contribution >= 0.6 is 0 Å². The van der Waals surface area contributed by atoms with E-state index in [1.807, 2.05) is 4.90 Å². The van der Waals surface area contributed by atoms with Crippen LogP contribution in [-0.4, -0.2) is 42.1 Å². The van der Waals surface area contributed by atoms with Crippen molar-refractivity contribution in [3.8, 4) is 0 Å². The second-order valence-corrected chi connectivity index (χ2v) is 5.45. The van der Waals surface area contributed by atoms with Gasteiger partial charge in [-0.1, -0.05) is 0 Å². The Morgan fingerprint density at radius 1 is 1.26 bits per heavy atom. The molecule has 0 radical (unpaired) electrons. The molecule has 1 aromatic carbocycles. The third-order valence-electron chi connectivity index (χ3n) is 3.88. The zero-order valence-electron chi connectivity index (χ0n) is 13.0. The largest absolute Gasteiger partial charge is 0.399 e. The third-order valence-corrected chi connectivity index (χ3v) is 3.88. The first-order chi connectivity index (χ1) is 11.1. The number of anilines is 3. The normalized spacial score (nSPS) is 14.7. The van der Waals surface area contributed by atoms with Gasteiger partial charge in [-0.25, -0.2) is 9.97 Å². The maximum Gasteiger partial charge on any atom is 0.226 e. The average Bonchev–Trinajstić information content (AvgIpc) is 2.58. The standard InChI is InChI=1S/C16H19N5O2/c1-10-12(8-11(17)9-13(10)18)15(22)14-2-3-19-16(20-14)21-4-6-23-7-5-21/h2-3,8-9H,4-7,17-18H2,1H3. The lowest BCUT2D eigenvalue weighted by Crippen LogP contribution is -2.37. The molecule has 0 unspecified atom stereocenters. The van der Waals surface area contributed by atoms with Crippen LogP contribution in [-0.2, 0) is 4.74 Å². The van der Waals surface area contributed by atoms with Gasteiger partial charge in [-0.15, -0.1) is 0 Å². The van der Waals surface area contributed by atoms with Gasteiger partial charge in [0.25, 0.3) is 0 Å². The van der Waals surface area contributed by atoms with Crippen LogP contribution in [0.25, 0.3) is 0 Å². The topological polar surface area (TPSA) is 107 Å². The predicted molar refractivity (Wildman–Crippen MR) is 88.5 cm³/mol. The van der Waals surface area contributed by atoms with Crippen LogP contribution < -0.4 is 16.4 Å². The van der Waals surface area contributed by atoms with Crippen LogP contribution in [0, 0.1) is 6.92 Å². The van der Waals surface area contributed by atoms with E-state index in [2.05, 4.69) is 9.97 Å². The minimum Gasteiger partial charge on any atom is -0.399 e. The van der Waals surface area contributed by atoms with Gasteiger partial charge in [-0.05, 0) is 30.7 Å². The van der Waals surface area contributed by atoms with Crippen LogP contribution in [0.1, 0.15) is 21.6 Å². The van der Waals surface area contributed by atoms with Crippen molar-refractivity contribution in [2.24, 2.45) is 0 Å². The molecule has 120 valence electrons. The molecule has 0 amide bonds. The van der Waals surface area contributed by atoms with E-state index in [9.17, 15) is 4.79 Å². The van der Waals surface area contributed by atoms with E-state index in [1.54, 1.807) is 31.3 Å². The lowest BCUT2D eigenvalue weighted by molar-refractivity contribution is 0.103. The second-order valence-electron chi connectivity index (χ2n) is 5.45. The fraction of sp³-hybridized carbons (Fsp3) is 0.312. The van der Waals surface area contributed by atoms with Crippen molar-refractivity contribution in [2.75, 3.05) is 42.7 Å². The Labute approximate surface area is 134 Å². The molecule has 0 aliphatic carbocycles. The number of benzene rings is 1. The minimum absolute atomic E-state index is 0.210. The summed E-state index contributed by atoms with van der Waals surface area (Å²) in [5.74, 6) is 0.326. The number of ether oxygens (including phenoxy) is 1. The average molecular weight is 313 g/mol. The number of hydrogen-bond donors (Lipinski definition) is 2. The van der Waals surface area contributed by atoms with Gasteiger partial charge in [-0.2, -0.15) is 0 Å². The van der Waals surface area contributed by atoms with Gasteiger partial charge in [0.05, 0.1) is 13.2 Å². The number of carbonyl (C=O) groups is 1. The van der Waals surface area contributed by atoms with Crippen molar-refractivity contribution >= 4 is 23.1 Å². The van der Waals surface area contributed by atoms with Crippen molar-refractivity contribution in [3.63, 3.8) is 0 Å². The van der Waals surface area contributed by atoms with Gasteiger partial charge in [0.1, 0.15) is 5.69 Å². The first kappa shape index (κ1) is 15.2. The number of aromatic nitrogens is 2. The molecular formula is C16H19N5O2. The Hall–Kier alpha value is -2.67. The van der Waals surface area contributed by atoms with E-state index < -0.39 is 0 Å². The van der Waals surface area contributed by atoms with Crippen LogP contribution in [0.3, 0.4) is 0 Å². The molecule has 7 heteroatoms. The number of rotatable bonds is 3. The fourth-order valence-electron chi connectivity index (χ4n) is 2.52. The Bertz CT molecular complexity index is 741. The van der Waals surface area contributed by atoms with E-state index in [-0.39, 0.29) is 5.78 Å². The number of hydrogen-bond acceptors (Lipinski definition) is 7. The van der Waals surface area contributed by atoms with Crippen LogP contribution in [0.4, 0.5) is 17.3 Å². The molecule has 23 heavy (non-hydrogen) atoms. The number of carbonyl (C=O) groups excluding carboxylic acids is 1. The molecule has 1 aromatic heterocycles. The lowest BCUT2D eigenvalue weighted by Gasteiger charge is -2.26. The van der Waals surface area contributed by atoms with Gasteiger partial charge < -0.3 is 21.1 Å². The van der Waals surface area contributed by atoms with Crippen LogP contribution in [0.2, 0.25) is 0 Å². The van der Waals surface area contributed by atoms with Crippen molar-refractivity contribution in [2.45, 2.75) is 6.92 Å². The van der Waals surface area contributed by atoms with Crippen molar-refractivity contribution in [1.29, 1.82) is 0 Å². The highest BCUT2D eigenvalue weighted by Crippen LogP contribution is 2.23. The summed E-state index contributed by atoms with van der Waals surface area (Å²) in [7, 11) is 0. The Kier molecular flexibility index (Phi) is 4.12. The number of nitrogen functional groups attached to an aromatic ring is 2.